The van der Waals surface area contributed by atoms with Gasteiger partial charge in [0.1, 0.15) is 11.3 Å². The second-order valence-corrected chi connectivity index (χ2v) is 8.79. The molecule has 0 saturated heterocycles. The number of amides is 1. The molecule has 27 heavy (non-hydrogen) atoms. The highest BCUT2D eigenvalue weighted by Crippen LogP contribution is 2.39. The molecule has 0 atom stereocenters. The zero-order valence-electron chi connectivity index (χ0n) is 16.3. The van der Waals surface area contributed by atoms with Crippen molar-refractivity contribution >= 4 is 44.2 Å². The fourth-order valence-electron chi connectivity index (χ4n) is 3.64. The molecule has 1 fully saturated rings. The summed E-state index contributed by atoms with van der Waals surface area (Å²) in [6, 6.07) is 3.65. The lowest BCUT2D eigenvalue weighted by molar-refractivity contribution is -0.123. The minimum atomic E-state index is 0.113. The molecule has 0 spiro atoms. The first kappa shape index (κ1) is 20.4. The van der Waals surface area contributed by atoms with Crippen LogP contribution in [0.2, 0.25) is 5.02 Å². The lowest BCUT2D eigenvalue weighted by Crippen LogP contribution is -2.38. The third kappa shape index (κ3) is 4.73. The Labute approximate surface area is 170 Å². The highest BCUT2D eigenvalue weighted by molar-refractivity contribution is 7.23. The van der Waals surface area contributed by atoms with Gasteiger partial charge in [-0.05, 0) is 52.0 Å². The normalized spacial score (nSPS) is 15.4. The van der Waals surface area contributed by atoms with Crippen molar-refractivity contribution < 1.29 is 9.53 Å². The monoisotopic (exact) mass is 409 g/mol. The third-order valence-electron chi connectivity index (χ3n) is 5.11. The average Bonchev–Trinajstić information content (AvgIpc) is 3.11. The highest BCUT2D eigenvalue weighted by atomic mass is 35.5. The van der Waals surface area contributed by atoms with Crippen LogP contribution in [-0.2, 0) is 4.79 Å². The average molecular weight is 410 g/mol. The van der Waals surface area contributed by atoms with Crippen LogP contribution in [0.25, 0.3) is 10.2 Å². The van der Waals surface area contributed by atoms with Gasteiger partial charge in [-0.15, -0.1) is 0 Å². The number of carbonyl (C=O) groups is 1. The molecule has 0 radical (unpaired) electrons. The Hall–Kier alpha value is -1.37. The summed E-state index contributed by atoms with van der Waals surface area (Å²) in [5.41, 5.74) is 0.735. The van der Waals surface area contributed by atoms with E-state index in [0.717, 1.165) is 54.0 Å². The number of aromatic nitrogens is 1. The molecular weight excluding hydrogens is 382 g/mol. The van der Waals surface area contributed by atoms with Crippen molar-refractivity contribution in [3.63, 3.8) is 0 Å². The molecule has 1 saturated carbocycles. The maximum Gasteiger partial charge on any atom is 0.231 e. The largest absolute Gasteiger partial charge is 0.494 e. The Balaban J connectivity index is 1.92. The Morgan fingerprint density at radius 1 is 1.26 bits per heavy atom. The molecule has 0 aliphatic heterocycles. The zero-order chi connectivity index (χ0) is 19.4. The van der Waals surface area contributed by atoms with Gasteiger partial charge < -0.3 is 9.64 Å². The number of rotatable bonds is 7. The number of fused-ring (bicyclic) bond motifs is 1. The van der Waals surface area contributed by atoms with Crippen molar-refractivity contribution in [1.82, 2.24) is 9.88 Å². The minimum absolute atomic E-state index is 0.113. The molecule has 0 bridgehead atoms. The third-order valence-corrected chi connectivity index (χ3v) is 6.64. The second-order valence-electron chi connectivity index (χ2n) is 7.41. The smallest absolute Gasteiger partial charge is 0.231 e. The summed E-state index contributed by atoms with van der Waals surface area (Å²) in [5.74, 6) is 1.01. The van der Waals surface area contributed by atoms with Crippen LogP contribution >= 0.6 is 22.9 Å². The van der Waals surface area contributed by atoms with Gasteiger partial charge in [0.25, 0.3) is 0 Å². The van der Waals surface area contributed by atoms with Crippen molar-refractivity contribution in [1.29, 1.82) is 0 Å². The zero-order valence-corrected chi connectivity index (χ0v) is 17.9. The van der Waals surface area contributed by atoms with E-state index in [-0.39, 0.29) is 11.8 Å². The topological polar surface area (TPSA) is 45.7 Å². The summed E-state index contributed by atoms with van der Waals surface area (Å²) >= 11 is 7.86. The molecule has 0 N–H and O–H groups in total. The summed E-state index contributed by atoms with van der Waals surface area (Å²) < 4.78 is 6.32. The van der Waals surface area contributed by atoms with E-state index < -0.39 is 0 Å². The number of anilines is 1. The van der Waals surface area contributed by atoms with E-state index in [1.54, 1.807) is 7.11 Å². The van der Waals surface area contributed by atoms with E-state index in [4.69, 9.17) is 21.3 Å². The molecule has 3 rings (SSSR count). The van der Waals surface area contributed by atoms with E-state index in [1.165, 1.54) is 17.8 Å². The molecule has 1 heterocycles. The lowest BCUT2D eigenvalue weighted by atomic mass is 9.88. The van der Waals surface area contributed by atoms with Crippen molar-refractivity contribution in [2.24, 2.45) is 5.92 Å². The highest BCUT2D eigenvalue weighted by Gasteiger charge is 2.29. The van der Waals surface area contributed by atoms with Crippen molar-refractivity contribution in [3.05, 3.63) is 17.2 Å². The van der Waals surface area contributed by atoms with E-state index in [2.05, 4.69) is 19.0 Å². The van der Waals surface area contributed by atoms with Gasteiger partial charge >= 0.3 is 0 Å². The Morgan fingerprint density at radius 2 is 2.00 bits per heavy atom. The molecule has 5 nitrogen and oxygen atoms in total. The van der Waals surface area contributed by atoms with Gasteiger partial charge in [0.2, 0.25) is 5.91 Å². The van der Waals surface area contributed by atoms with Crippen molar-refractivity contribution in [3.8, 4) is 5.75 Å². The number of halogens is 1. The van der Waals surface area contributed by atoms with Crippen LogP contribution in [-0.4, -0.2) is 50.1 Å². The molecule has 1 aliphatic carbocycles. The molecule has 1 aromatic heterocycles. The summed E-state index contributed by atoms with van der Waals surface area (Å²) in [6.45, 7) is 1.61. The van der Waals surface area contributed by atoms with Gasteiger partial charge in [0.05, 0.1) is 16.8 Å². The van der Waals surface area contributed by atoms with Gasteiger partial charge in [-0.3, -0.25) is 9.69 Å². The van der Waals surface area contributed by atoms with E-state index in [0.29, 0.717) is 17.3 Å². The molecule has 1 aromatic carbocycles. The summed E-state index contributed by atoms with van der Waals surface area (Å²) in [5, 5.41) is 1.37. The van der Waals surface area contributed by atoms with Crippen LogP contribution in [0.15, 0.2) is 12.1 Å². The number of hydrogen-bond donors (Lipinski definition) is 0. The second kappa shape index (κ2) is 9.22. The van der Waals surface area contributed by atoms with E-state index >= 15 is 0 Å². The van der Waals surface area contributed by atoms with E-state index in [1.807, 2.05) is 17.0 Å². The van der Waals surface area contributed by atoms with Gasteiger partial charge in [-0.2, -0.15) is 0 Å². The SMILES string of the molecule is COc1ccc(Cl)c2sc(N(CCCN(C)C)C(=O)C3CCCCC3)nc12. The molecule has 2 aromatic rings. The van der Waals surface area contributed by atoms with Crippen LogP contribution in [0.1, 0.15) is 38.5 Å². The molecule has 1 amide bonds. The Bertz CT molecular complexity index is 787. The molecule has 148 valence electrons. The van der Waals surface area contributed by atoms with Crippen LogP contribution in [0.4, 0.5) is 5.13 Å². The van der Waals surface area contributed by atoms with Crippen LogP contribution < -0.4 is 9.64 Å². The number of benzene rings is 1. The van der Waals surface area contributed by atoms with Gasteiger partial charge in [0, 0.05) is 12.5 Å². The summed E-state index contributed by atoms with van der Waals surface area (Å²) in [6.07, 6.45) is 6.39. The predicted molar refractivity (Wildman–Crippen MR) is 113 cm³/mol. The first-order chi connectivity index (χ1) is 13.0. The standard InChI is InChI=1S/C20H28ClN3O2S/c1-23(2)12-7-13-24(19(25)14-8-5-4-6-9-14)20-22-17-16(26-3)11-10-15(21)18(17)27-20/h10-11,14H,4-9,12-13H2,1-3H3. The van der Waals surface area contributed by atoms with Gasteiger partial charge in [0.15, 0.2) is 5.13 Å². The first-order valence-electron chi connectivity index (χ1n) is 9.60. The summed E-state index contributed by atoms with van der Waals surface area (Å²) in [7, 11) is 5.73. The van der Waals surface area contributed by atoms with Crippen LogP contribution in [0.3, 0.4) is 0 Å². The lowest BCUT2D eigenvalue weighted by Gasteiger charge is -2.28. The Kier molecular flexibility index (Phi) is 6.95. The molecule has 0 unspecified atom stereocenters. The number of carbonyl (C=O) groups excluding carboxylic acids is 1. The maximum atomic E-state index is 13.3. The Morgan fingerprint density at radius 3 is 2.67 bits per heavy atom. The maximum absolute atomic E-state index is 13.3. The number of ether oxygens (including phenoxy) is 1. The molecular formula is C20H28ClN3O2S. The fraction of sp³-hybridized carbons (Fsp3) is 0.600. The van der Waals surface area contributed by atoms with Crippen molar-refractivity contribution in [2.75, 3.05) is 39.2 Å². The summed E-state index contributed by atoms with van der Waals surface area (Å²) in [4.78, 5) is 22.1. The van der Waals surface area contributed by atoms with Crippen LogP contribution in [0.5, 0.6) is 5.75 Å². The minimum Gasteiger partial charge on any atom is -0.494 e. The number of methoxy groups -OCH3 is 1. The van der Waals surface area contributed by atoms with Crippen molar-refractivity contribution in [2.45, 2.75) is 38.5 Å². The van der Waals surface area contributed by atoms with Gasteiger partial charge in [-0.1, -0.05) is 42.2 Å². The number of thiazole rings is 1. The number of nitrogens with zero attached hydrogens (tertiary/aromatic N) is 3. The number of hydrogen-bond acceptors (Lipinski definition) is 5. The molecule has 7 heteroatoms. The first-order valence-corrected chi connectivity index (χ1v) is 10.8. The van der Waals surface area contributed by atoms with E-state index in [9.17, 15) is 4.79 Å². The van der Waals surface area contributed by atoms with Gasteiger partial charge in [-0.25, -0.2) is 4.98 Å². The predicted octanol–water partition coefficient (Wildman–Crippen LogP) is 4.82. The van der Waals surface area contributed by atoms with Crippen LogP contribution in [0, 0.1) is 5.92 Å². The quantitative estimate of drug-likeness (QED) is 0.657. The molecule has 1 aliphatic rings. The fourth-order valence-corrected chi connectivity index (χ4v) is 4.92.